The Balaban J connectivity index is 1.54. The molecule has 3 saturated heterocycles. The number of ether oxygens (including phenoxy) is 6. The van der Waals surface area contributed by atoms with Crippen LogP contribution in [0.2, 0.25) is 0 Å². The van der Waals surface area contributed by atoms with Crippen molar-refractivity contribution < 1.29 is 89.4 Å². The lowest BCUT2D eigenvalue weighted by molar-refractivity contribution is -0.379. The molecule has 0 saturated carbocycles. The fraction of sp³-hybridized carbons (Fsp3) is 0.768. The van der Waals surface area contributed by atoms with Crippen LogP contribution in [0, 0.1) is 0 Å². The summed E-state index contributed by atoms with van der Waals surface area (Å²) in [5.41, 5.74) is 0. The zero-order valence-corrected chi connectivity index (χ0v) is 44.5. The van der Waals surface area contributed by atoms with Gasteiger partial charge in [-0.3, -0.25) is 4.79 Å². The molecule has 19 nitrogen and oxygen atoms in total. The Morgan fingerprint density at radius 3 is 1.36 bits per heavy atom. The molecule has 17 atom stereocenters. The van der Waals surface area contributed by atoms with Crippen molar-refractivity contribution in [3.8, 4) is 0 Å². The Hall–Kier alpha value is -2.77. The van der Waals surface area contributed by atoms with Crippen LogP contribution in [0.5, 0.6) is 0 Å². The van der Waals surface area contributed by atoms with E-state index in [1.165, 1.54) is 38.5 Å². The first kappa shape index (κ1) is 66.5. The number of rotatable bonds is 38. The van der Waals surface area contributed by atoms with E-state index in [4.69, 9.17) is 28.4 Å². The van der Waals surface area contributed by atoms with E-state index in [-0.39, 0.29) is 18.9 Å². The smallest absolute Gasteiger partial charge is 0.220 e. The Bertz CT molecular complexity index is 1660. The molecule has 3 rings (SSSR count). The largest absolute Gasteiger partial charge is 0.394 e. The van der Waals surface area contributed by atoms with E-state index in [2.05, 4.69) is 79.9 Å². The zero-order chi connectivity index (χ0) is 54.8. The van der Waals surface area contributed by atoms with Crippen LogP contribution in [0.25, 0.3) is 0 Å². The molecule has 75 heavy (non-hydrogen) atoms. The molecule has 0 radical (unpaired) electrons. The van der Waals surface area contributed by atoms with Crippen LogP contribution in [0.15, 0.2) is 72.9 Å². The van der Waals surface area contributed by atoms with Gasteiger partial charge in [0, 0.05) is 6.42 Å². The van der Waals surface area contributed by atoms with E-state index in [9.17, 15) is 61.0 Å². The minimum Gasteiger partial charge on any atom is -0.394 e. The first-order chi connectivity index (χ1) is 36.3. The first-order valence-corrected chi connectivity index (χ1v) is 27.7. The van der Waals surface area contributed by atoms with Crippen molar-refractivity contribution in [1.29, 1.82) is 0 Å². The van der Waals surface area contributed by atoms with Crippen LogP contribution in [-0.2, 0) is 33.2 Å². The van der Waals surface area contributed by atoms with Crippen molar-refractivity contribution in [2.24, 2.45) is 0 Å². The summed E-state index contributed by atoms with van der Waals surface area (Å²) in [6, 6.07) is -0.929. The van der Waals surface area contributed by atoms with Gasteiger partial charge in [-0.2, -0.15) is 0 Å². The standard InChI is InChI=1S/C56H95NO18/c1-3-5-7-9-11-13-15-16-17-18-19-20-21-22-24-26-28-30-32-34-44(62)57-39(40(61)33-31-29-27-25-23-14-12-10-8-6-4-2)38-70-54-50(68)47(65)52(42(36-59)72-54)75-56-51(69)48(66)53(43(37-60)73-56)74-55-49(67)46(64)45(63)41(35-58)71-55/h5,7,11,13,16-17,19-20,22,24,28,30,39-43,45-56,58-61,63-69H,3-4,6,8-10,12,14-15,18,21,23,25-27,29,31-38H2,1-2H3,(H,57,62)/b7-5-,13-11-,17-16-,20-19-,24-22-,30-28-. The first-order valence-electron chi connectivity index (χ1n) is 27.7. The third kappa shape index (κ3) is 24.4. The van der Waals surface area contributed by atoms with Gasteiger partial charge in [0.1, 0.15) is 73.2 Å². The Labute approximate surface area is 445 Å². The van der Waals surface area contributed by atoms with Gasteiger partial charge in [-0.1, -0.05) is 157 Å². The quantitative estimate of drug-likeness (QED) is 0.0311. The highest BCUT2D eigenvalue weighted by atomic mass is 16.8. The lowest BCUT2D eigenvalue weighted by atomic mass is 9.96. The predicted molar refractivity (Wildman–Crippen MR) is 281 cm³/mol. The van der Waals surface area contributed by atoms with Gasteiger partial charge < -0.3 is 89.9 Å². The number of carbonyl (C=O) groups excluding carboxylic acids is 1. The highest BCUT2D eigenvalue weighted by Gasteiger charge is 2.53. The predicted octanol–water partition coefficient (Wildman–Crippen LogP) is 3.48. The zero-order valence-electron chi connectivity index (χ0n) is 44.5. The molecular formula is C56H95NO18. The van der Waals surface area contributed by atoms with Crippen LogP contribution >= 0.6 is 0 Å². The fourth-order valence-corrected chi connectivity index (χ4v) is 8.98. The second-order valence-corrected chi connectivity index (χ2v) is 19.7. The summed E-state index contributed by atoms with van der Waals surface area (Å²) < 4.78 is 34.2. The fourth-order valence-electron chi connectivity index (χ4n) is 8.98. The van der Waals surface area contributed by atoms with Crippen molar-refractivity contribution in [1.82, 2.24) is 5.32 Å². The minimum absolute atomic E-state index is 0.137. The van der Waals surface area contributed by atoms with Gasteiger partial charge in [0.2, 0.25) is 5.91 Å². The molecule has 12 N–H and O–H groups in total. The van der Waals surface area contributed by atoms with E-state index >= 15 is 0 Å². The third-order valence-corrected chi connectivity index (χ3v) is 13.6. The Morgan fingerprint density at radius 1 is 0.493 bits per heavy atom. The van der Waals surface area contributed by atoms with Crippen LogP contribution in [-0.4, -0.2) is 193 Å². The van der Waals surface area contributed by atoms with E-state index in [1.807, 2.05) is 12.2 Å². The maximum absolute atomic E-state index is 13.2. The molecule has 0 aromatic heterocycles. The van der Waals surface area contributed by atoms with E-state index < -0.39 is 124 Å². The molecule has 3 aliphatic rings. The van der Waals surface area contributed by atoms with Crippen molar-refractivity contribution in [3.63, 3.8) is 0 Å². The van der Waals surface area contributed by atoms with Gasteiger partial charge in [-0.15, -0.1) is 0 Å². The lowest BCUT2D eigenvalue weighted by Gasteiger charge is -2.48. The van der Waals surface area contributed by atoms with Crippen LogP contribution in [0.4, 0.5) is 0 Å². The molecule has 0 bridgehead atoms. The van der Waals surface area contributed by atoms with Gasteiger partial charge in [0.15, 0.2) is 18.9 Å². The number of hydrogen-bond acceptors (Lipinski definition) is 18. The monoisotopic (exact) mass is 1070 g/mol. The van der Waals surface area contributed by atoms with E-state index in [1.54, 1.807) is 0 Å². The van der Waals surface area contributed by atoms with Gasteiger partial charge in [-0.25, -0.2) is 0 Å². The molecular weight excluding hydrogens is 975 g/mol. The molecule has 3 fully saturated rings. The Morgan fingerprint density at radius 2 is 0.893 bits per heavy atom. The van der Waals surface area contributed by atoms with Gasteiger partial charge in [0.05, 0.1) is 38.6 Å². The van der Waals surface area contributed by atoms with E-state index in [0.717, 1.165) is 57.8 Å². The Kier molecular flexibility index (Phi) is 35.1. The number of aliphatic hydroxyl groups excluding tert-OH is 11. The number of unbranched alkanes of at least 4 members (excludes halogenated alkanes) is 10. The summed E-state index contributed by atoms with van der Waals surface area (Å²) in [5, 5.41) is 120. The summed E-state index contributed by atoms with van der Waals surface area (Å²) in [5.74, 6) is -0.330. The average molecular weight is 1070 g/mol. The second kappa shape index (κ2) is 39.6. The summed E-state index contributed by atoms with van der Waals surface area (Å²) in [7, 11) is 0. The normalized spacial score (nSPS) is 31.8. The summed E-state index contributed by atoms with van der Waals surface area (Å²) in [4.78, 5) is 13.2. The van der Waals surface area contributed by atoms with Crippen LogP contribution in [0.1, 0.15) is 142 Å². The van der Waals surface area contributed by atoms with Crippen molar-refractivity contribution in [2.75, 3.05) is 26.4 Å². The van der Waals surface area contributed by atoms with E-state index in [0.29, 0.717) is 25.7 Å². The molecule has 17 unspecified atom stereocenters. The number of nitrogens with one attached hydrogen (secondary N) is 1. The maximum Gasteiger partial charge on any atom is 0.220 e. The number of allylic oxidation sites excluding steroid dienone is 12. The van der Waals surface area contributed by atoms with Gasteiger partial charge in [0.25, 0.3) is 0 Å². The summed E-state index contributed by atoms with van der Waals surface area (Å²) in [6.07, 6.45) is 17.3. The second-order valence-electron chi connectivity index (χ2n) is 19.7. The van der Waals surface area contributed by atoms with Gasteiger partial charge >= 0.3 is 0 Å². The SMILES string of the molecule is CC/C=C\C/C=C\C/C=C\C/C=C\C/C=C\C/C=C\CCC(=O)NC(COC1OC(CO)C(OC2OC(CO)C(OC3OC(CO)C(O)C(O)C3O)C(O)C2O)C(O)C1O)C(O)CCCCCCCCCCCCC. The number of aliphatic hydroxyl groups is 11. The van der Waals surface area contributed by atoms with Gasteiger partial charge in [-0.05, 0) is 51.4 Å². The highest BCUT2D eigenvalue weighted by Crippen LogP contribution is 2.33. The molecule has 19 heteroatoms. The summed E-state index contributed by atoms with van der Waals surface area (Å²) >= 11 is 0. The number of amides is 1. The molecule has 3 aliphatic heterocycles. The van der Waals surface area contributed by atoms with Crippen LogP contribution < -0.4 is 5.32 Å². The molecule has 1 amide bonds. The molecule has 3 heterocycles. The van der Waals surface area contributed by atoms with Crippen molar-refractivity contribution in [2.45, 2.75) is 247 Å². The molecule has 0 aromatic carbocycles. The topological polar surface area (TPSA) is 307 Å². The average Bonchev–Trinajstić information content (AvgIpc) is 3.41. The van der Waals surface area contributed by atoms with Crippen LogP contribution in [0.3, 0.4) is 0 Å². The third-order valence-electron chi connectivity index (χ3n) is 13.6. The van der Waals surface area contributed by atoms with Crippen molar-refractivity contribution >= 4 is 5.91 Å². The molecule has 0 aliphatic carbocycles. The lowest BCUT2D eigenvalue weighted by Crippen LogP contribution is -2.66. The number of carbonyl (C=O) groups is 1. The minimum atomic E-state index is -1.98. The van der Waals surface area contributed by atoms with Crippen molar-refractivity contribution in [3.05, 3.63) is 72.9 Å². The molecule has 0 spiro atoms. The number of hydrogen-bond donors (Lipinski definition) is 12. The highest BCUT2D eigenvalue weighted by molar-refractivity contribution is 5.76. The molecule has 0 aromatic rings. The molecule has 432 valence electrons. The maximum atomic E-state index is 13.2. The summed E-state index contributed by atoms with van der Waals surface area (Å²) in [6.45, 7) is 1.56.